The van der Waals surface area contributed by atoms with E-state index in [1.165, 1.54) is 31.3 Å². The number of nitrogens with zero attached hydrogens (tertiary/aromatic N) is 1. The molecule has 3 aliphatic rings. The molecule has 88 valence electrons. The third kappa shape index (κ3) is 1.62. The molecule has 0 aromatic rings. The normalized spacial score (nSPS) is 36.6. The molecule has 1 N–H and O–H groups in total. The zero-order valence-electron chi connectivity index (χ0n) is 9.61. The van der Waals surface area contributed by atoms with Crippen LogP contribution in [0, 0.1) is 5.92 Å². The largest absolute Gasteiger partial charge is 0.494 e. The number of hydrogen-bond acceptors (Lipinski definition) is 3. The molecule has 0 amide bonds. The quantitative estimate of drug-likeness (QED) is 0.504. The van der Waals surface area contributed by atoms with Crippen LogP contribution in [0.1, 0.15) is 51.4 Å². The first-order valence-electron chi connectivity index (χ1n) is 6.48. The number of fused-ring (bicyclic) bond motifs is 1. The van der Waals surface area contributed by atoms with Crippen molar-refractivity contribution in [2.45, 2.75) is 57.5 Å². The van der Waals surface area contributed by atoms with E-state index >= 15 is 0 Å². The fourth-order valence-electron chi connectivity index (χ4n) is 3.36. The molecule has 0 unspecified atom stereocenters. The van der Waals surface area contributed by atoms with Gasteiger partial charge in [0.2, 0.25) is 0 Å². The first-order chi connectivity index (χ1) is 7.88. The van der Waals surface area contributed by atoms with Gasteiger partial charge in [0.1, 0.15) is 11.9 Å². The summed E-state index contributed by atoms with van der Waals surface area (Å²) in [5.74, 6) is 1.80. The third-order valence-electron chi connectivity index (χ3n) is 4.22. The standard InChI is InChI=1S/C13H19NO2/c15-14-11-5-3-7-13-10(11)8-9-4-1-2-6-12(9)16-13/h9,12,15H,1-8H2/b14-11-/t9-,12-/m1/s1. The van der Waals surface area contributed by atoms with Crippen molar-refractivity contribution < 1.29 is 9.94 Å². The molecular weight excluding hydrogens is 202 g/mol. The highest BCUT2D eigenvalue weighted by molar-refractivity contribution is 6.01. The van der Waals surface area contributed by atoms with Crippen LogP contribution in [0.4, 0.5) is 0 Å². The van der Waals surface area contributed by atoms with E-state index in [2.05, 4.69) is 5.16 Å². The number of oxime groups is 1. The molecule has 2 aliphatic carbocycles. The van der Waals surface area contributed by atoms with Crippen LogP contribution in [0.5, 0.6) is 0 Å². The summed E-state index contributed by atoms with van der Waals surface area (Å²) in [6.45, 7) is 0. The van der Waals surface area contributed by atoms with Gasteiger partial charge in [0.05, 0.1) is 5.71 Å². The van der Waals surface area contributed by atoms with Gasteiger partial charge in [0.15, 0.2) is 0 Å². The lowest BCUT2D eigenvalue weighted by Gasteiger charge is -2.39. The van der Waals surface area contributed by atoms with E-state index in [9.17, 15) is 0 Å². The van der Waals surface area contributed by atoms with Crippen molar-refractivity contribution >= 4 is 5.71 Å². The average Bonchev–Trinajstić information content (AvgIpc) is 2.35. The first-order valence-corrected chi connectivity index (χ1v) is 6.48. The molecule has 2 atom stereocenters. The molecule has 0 saturated heterocycles. The summed E-state index contributed by atoms with van der Waals surface area (Å²) in [4.78, 5) is 0. The van der Waals surface area contributed by atoms with E-state index in [4.69, 9.17) is 9.94 Å². The Balaban J connectivity index is 1.88. The van der Waals surface area contributed by atoms with Crippen LogP contribution < -0.4 is 0 Å². The average molecular weight is 221 g/mol. The Kier molecular flexibility index (Phi) is 2.62. The molecule has 1 aliphatic heterocycles. The second-order valence-electron chi connectivity index (χ2n) is 5.21. The molecule has 1 saturated carbocycles. The van der Waals surface area contributed by atoms with Gasteiger partial charge in [-0.25, -0.2) is 0 Å². The van der Waals surface area contributed by atoms with Crippen molar-refractivity contribution in [3.63, 3.8) is 0 Å². The van der Waals surface area contributed by atoms with Gasteiger partial charge in [-0.2, -0.15) is 0 Å². The van der Waals surface area contributed by atoms with Crippen LogP contribution in [-0.2, 0) is 4.74 Å². The van der Waals surface area contributed by atoms with E-state index in [1.54, 1.807) is 0 Å². The summed E-state index contributed by atoms with van der Waals surface area (Å²) in [5.41, 5.74) is 2.10. The highest BCUT2D eigenvalue weighted by Crippen LogP contribution is 2.41. The van der Waals surface area contributed by atoms with Gasteiger partial charge in [0, 0.05) is 17.9 Å². The van der Waals surface area contributed by atoms with E-state index in [0.717, 1.165) is 37.2 Å². The topological polar surface area (TPSA) is 41.8 Å². The third-order valence-corrected chi connectivity index (χ3v) is 4.22. The second kappa shape index (κ2) is 4.11. The maximum absolute atomic E-state index is 9.02. The van der Waals surface area contributed by atoms with Gasteiger partial charge in [-0.15, -0.1) is 0 Å². The minimum atomic E-state index is 0.450. The Morgan fingerprint density at radius 3 is 2.88 bits per heavy atom. The summed E-state index contributed by atoms with van der Waals surface area (Å²) in [5, 5.41) is 12.5. The molecule has 0 aromatic heterocycles. The van der Waals surface area contributed by atoms with Gasteiger partial charge in [-0.1, -0.05) is 11.6 Å². The monoisotopic (exact) mass is 221 g/mol. The predicted octanol–water partition coefficient (Wildman–Crippen LogP) is 3.23. The Bertz CT molecular complexity index is 346. The van der Waals surface area contributed by atoms with Crippen molar-refractivity contribution in [3.05, 3.63) is 11.3 Å². The van der Waals surface area contributed by atoms with Gasteiger partial charge in [-0.05, 0) is 38.5 Å². The SMILES string of the molecule is O/N=C1/CCCC2=C1C[C@H]1CCCC[C@H]1O2. The summed E-state index contributed by atoms with van der Waals surface area (Å²) in [7, 11) is 0. The van der Waals surface area contributed by atoms with Crippen LogP contribution in [0.15, 0.2) is 16.5 Å². The smallest absolute Gasteiger partial charge is 0.102 e. The molecule has 3 nitrogen and oxygen atoms in total. The van der Waals surface area contributed by atoms with Crippen molar-refractivity contribution in [1.29, 1.82) is 0 Å². The van der Waals surface area contributed by atoms with Crippen molar-refractivity contribution in [3.8, 4) is 0 Å². The van der Waals surface area contributed by atoms with Crippen LogP contribution in [0.2, 0.25) is 0 Å². The predicted molar refractivity (Wildman–Crippen MR) is 61.5 cm³/mol. The molecule has 1 fully saturated rings. The molecule has 3 rings (SSSR count). The maximum Gasteiger partial charge on any atom is 0.102 e. The molecule has 0 aromatic carbocycles. The Morgan fingerprint density at radius 2 is 2.00 bits per heavy atom. The van der Waals surface area contributed by atoms with Crippen LogP contribution >= 0.6 is 0 Å². The molecule has 1 heterocycles. The lowest BCUT2D eigenvalue weighted by molar-refractivity contribution is 0.0121. The van der Waals surface area contributed by atoms with Crippen LogP contribution in [0.25, 0.3) is 0 Å². The number of allylic oxidation sites excluding steroid dienone is 2. The minimum absolute atomic E-state index is 0.450. The van der Waals surface area contributed by atoms with Crippen LogP contribution in [0.3, 0.4) is 0 Å². The minimum Gasteiger partial charge on any atom is -0.494 e. The Labute approximate surface area is 96.2 Å². The van der Waals surface area contributed by atoms with E-state index in [0.29, 0.717) is 12.0 Å². The molecule has 16 heavy (non-hydrogen) atoms. The van der Waals surface area contributed by atoms with Gasteiger partial charge in [-0.3, -0.25) is 0 Å². The number of rotatable bonds is 0. The lowest BCUT2D eigenvalue weighted by atomic mass is 9.77. The summed E-state index contributed by atoms with van der Waals surface area (Å²) < 4.78 is 6.11. The molecule has 0 spiro atoms. The van der Waals surface area contributed by atoms with Crippen molar-refractivity contribution in [2.75, 3.05) is 0 Å². The lowest BCUT2D eigenvalue weighted by Crippen LogP contribution is -2.34. The fourth-order valence-corrected chi connectivity index (χ4v) is 3.36. The zero-order valence-corrected chi connectivity index (χ0v) is 9.61. The molecule has 3 heteroatoms. The Hall–Kier alpha value is -0.990. The van der Waals surface area contributed by atoms with Crippen LogP contribution in [-0.4, -0.2) is 17.0 Å². The summed E-state index contributed by atoms with van der Waals surface area (Å²) in [6.07, 6.45) is 9.69. The second-order valence-corrected chi connectivity index (χ2v) is 5.21. The molecular formula is C13H19NO2. The highest BCUT2D eigenvalue weighted by Gasteiger charge is 2.36. The van der Waals surface area contributed by atoms with E-state index in [-0.39, 0.29) is 0 Å². The van der Waals surface area contributed by atoms with Gasteiger partial charge in [0.25, 0.3) is 0 Å². The van der Waals surface area contributed by atoms with E-state index in [1.807, 2.05) is 0 Å². The van der Waals surface area contributed by atoms with Gasteiger partial charge >= 0.3 is 0 Å². The summed E-state index contributed by atoms with van der Waals surface area (Å²) in [6, 6.07) is 0. The first kappa shape index (κ1) is 10.2. The Morgan fingerprint density at radius 1 is 1.12 bits per heavy atom. The fraction of sp³-hybridized carbons (Fsp3) is 0.769. The van der Waals surface area contributed by atoms with Crippen molar-refractivity contribution in [1.82, 2.24) is 0 Å². The number of ether oxygens (including phenoxy) is 1. The molecule has 0 bridgehead atoms. The summed E-state index contributed by atoms with van der Waals surface area (Å²) >= 11 is 0. The van der Waals surface area contributed by atoms with Crippen molar-refractivity contribution in [2.24, 2.45) is 11.1 Å². The van der Waals surface area contributed by atoms with Gasteiger partial charge < -0.3 is 9.94 Å². The highest BCUT2D eigenvalue weighted by atomic mass is 16.5. The molecule has 0 radical (unpaired) electrons. The maximum atomic E-state index is 9.02. The number of hydrogen-bond donors (Lipinski definition) is 1. The zero-order chi connectivity index (χ0) is 11.0. The van der Waals surface area contributed by atoms with E-state index < -0.39 is 0 Å².